The molecule has 1 heterocycles. The standard InChI is InChI=1S/C18H18BrNO3S2/c1-23-18(22)16-13-3-2-4-14(13)25-17(16)20-15(21)10-24-9-11-5-7-12(19)8-6-11/h5-8H,2-4,9-10H2,1H3,(H,20,21). The molecule has 25 heavy (non-hydrogen) atoms. The van der Waals surface area contributed by atoms with Crippen LogP contribution in [-0.2, 0) is 28.1 Å². The number of methoxy groups -OCH3 is 1. The Morgan fingerprint density at radius 2 is 2.04 bits per heavy atom. The summed E-state index contributed by atoms with van der Waals surface area (Å²) in [6.45, 7) is 0. The number of hydrogen-bond acceptors (Lipinski definition) is 5. The smallest absolute Gasteiger partial charge is 0.341 e. The molecule has 7 heteroatoms. The van der Waals surface area contributed by atoms with Gasteiger partial charge < -0.3 is 10.1 Å². The van der Waals surface area contributed by atoms with E-state index in [2.05, 4.69) is 21.2 Å². The Hall–Kier alpha value is -1.31. The van der Waals surface area contributed by atoms with Crippen LogP contribution in [0.2, 0.25) is 0 Å². The average Bonchev–Trinajstić information content (AvgIpc) is 3.16. The number of carbonyl (C=O) groups is 2. The van der Waals surface area contributed by atoms with Crippen LogP contribution in [0.1, 0.15) is 32.8 Å². The molecule has 1 N–H and O–H groups in total. The van der Waals surface area contributed by atoms with E-state index in [1.807, 2.05) is 24.3 Å². The first-order chi connectivity index (χ1) is 12.1. The van der Waals surface area contributed by atoms with Crippen molar-refractivity contribution in [3.05, 3.63) is 50.3 Å². The average molecular weight is 440 g/mol. The van der Waals surface area contributed by atoms with Crippen molar-refractivity contribution >= 4 is 55.9 Å². The number of hydrogen-bond donors (Lipinski definition) is 1. The molecule has 1 aliphatic carbocycles. The van der Waals surface area contributed by atoms with Crippen molar-refractivity contribution in [3.8, 4) is 0 Å². The van der Waals surface area contributed by atoms with Crippen molar-refractivity contribution in [2.45, 2.75) is 25.0 Å². The Kier molecular flexibility index (Phi) is 6.19. The van der Waals surface area contributed by atoms with Gasteiger partial charge in [-0.25, -0.2) is 4.79 Å². The first-order valence-electron chi connectivity index (χ1n) is 7.93. The number of carbonyl (C=O) groups excluding carboxylic acids is 2. The highest BCUT2D eigenvalue weighted by Gasteiger charge is 2.27. The number of anilines is 1. The Bertz CT molecular complexity index is 786. The van der Waals surface area contributed by atoms with Gasteiger partial charge >= 0.3 is 5.97 Å². The van der Waals surface area contributed by atoms with E-state index in [1.54, 1.807) is 11.8 Å². The monoisotopic (exact) mass is 439 g/mol. The number of rotatable bonds is 6. The first-order valence-corrected chi connectivity index (χ1v) is 10.7. The zero-order valence-corrected chi connectivity index (χ0v) is 17.0. The van der Waals surface area contributed by atoms with Gasteiger partial charge in [0, 0.05) is 15.1 Å². The molecule has 1 aliphatic rings. The van der Waals surface area contributed by atoms with Crippen LogP contribution < -0.4 is 5.32 Å². The van der Waals surface area contributed by atoms with Crippen molar-refractivity contribution in [2.75, 3.05) is 18.2 Å². The van der Waals surface area contributed by atoms with Gasteiger partial charge in [0.2, 0.25) is 5.91 Å². The van der Waals surface area contributed by atoms with Gasteiger partial charge in [-0.15, -0.1) is 23.1 Å². The first kappa shape index (κ1) is 18.5. The number of halogens is 1. The fourth-order valence-electron chi connectivity index (χ4n) is 2.82. The maximum atomic E-state index is 12.3. The molecule has 0 saturated heterocycles. The number of nitrogens with one attached hydrogen (secondary N) is 1. The second kappa shape index (κ2) is 8.38. The van der Waals surface area contributed by atoms with E-state index in [-0.39, 0.29) is 11.9 Å². The molecule has 4 nitrogen and oxygen atoms in total. The van der Waals surface area contributed by atoms with Crippen molar-refractivity contribution < 1.29 is 14.3 Å². The summed E-state index contributed by atoms with van der Waals surface area (Å²) in [5.41, 5.74) is 2.77. The van der Waals surface area contributed by atoms with E-state index < -0.39 is 0 Å². The number of fused-ring (bicyclic) bond motifs is 1. The van der Waals surface area contributed by atoms with Crippen LogP contribution >= 0.6 is 39.0 Å². The summed E-state index contributed by atoms with van der Waals surface area (Å²) in [4.78, 5) is 25.5. The summed E-state index contributed by atoms with van der Waals surface area (Å²) in [5, 5.41) is 3.53. The van der Waals surface area contributed by atoms with Crippen LogP contribution in [-0.4, -0.2) is 24.7 Å². The molecule has 1 amide bonds. The molecule has 2 aromatic rings. The van der Waals surface area contributed by atoms with Gasteiger partial charge in [0.1, 0.15) is 5.00 Å². The highest BCUT2D eigenvalue weighted by Crippen LogP contribution is 2.39. The summed E-state index contributed by atoms with van der Waals surface area (Å²) in [7, 11) is 1.38. The molecule has 0 aliphatic heterocycles. The van der Waals surface area contributed by atoms with Crippen molar-refractivity contribution in [2.24, 2.45) is 0 Å². The number of amides is 1. The zero-order chi connectivity index (χ0) is 17.8. The minimum atomic E-state index is -0.364. The van der Waals surface area contributed by atoms with Gasteiger partial charge in [0.25, 0.3) is 0 Å². The van der Waals surface area contributed by atoms with Crippen LogP contribution in [0.15, 0.2) is 28.7 Å². The molecule has 0 spiro atoms. The largest absolute Gasteiger partial charge is 0.465 e. The Labute approximate surface area is 163 Å². The van der Waals surface area contributed by atoms with Gasteiger partial charge in [-0.1, -0.05) is 28.1 Å². The predicted octanol–water partition coefficient (Wildman–Crippen LogP) is 4.66. The lowest BCUT2D eigenvalue weighted by Gasteiger charge is -2.07. The molecule has 0 saturated carbocycles. The molecule has 1 aromatic carbocycles. The Morgan fingerprint density at radius 1 is 1.28 bits per heavy atom. The fourth-order valence-corrected chi connectivity index (χ4v) is 5.16. The number of benzene rings is 1. The quantitative estimate of drug-likeness (QED) is 0.664. The molecule has 0 radical (unpaired) electrons. The molecular weight excluding hydrogens is 422 g/mol. The lowest BCUT2D eigenvalue weighted by Crippen LogP contribution is -2.16. The van der Waals surface area contributed by atoms with E-state index in [1.165, 1.54) is 28.9 Å². The molecule has 132 valence electrons. The van der Waals surface area contributed by atoms with Crippen molar-refractivity contribution in [1.82, 2.24) is 0 Å². The van der Waals surface area contributed by atoms with Crippen LogP contribution in [0.5, 0.6) is 0 Å². The summed E-state index contributed by atoms with van der Waals surface area (Å²) in [6, 6.07) is 8.06. The predicted molar refractivity (Wildman–Crippen MR) is 107 cm³/mol. The van der Waals surface area contributed by atoms with E-state index in [0.717, 1.165) is 35.1 Å². The number of esters is 1. The zero-order valence-electron chi connectivity index (χ0n) is 13.8. The van der Waals surface area contributed by atoms with Gasteiger partial charge in [0.15, 0.2) is 0 Å². The normalized spacial score (nSPS) is 12.7. The lowest BCUT2D eigenvalue weighted by molar-refractivity contribution is -0.113. The Balaban J connectivity index is 1.59. The summed E-state index contributed by atoms with van der Waals surface area (Å²) < 4.78 is 5.94. The number of ether oxygens (including phenoxy) is 1. The van der Waals surface area contributed by atoms with Crippen molar-refractivity contribution in [3.63, 3.8) is 0 Å². The van der Waals surface area contributed by atoms with Crippen LogP contribution in [0.25, 0.3) is 0 Å². The maximum Gasteiger partial charge on any atom is 0.341 e. The van der Waals surface area contributed by atoms with E-state index in [4.69, 9.17) is 4.74 Å². The molecule has 1 aromatic heterocycles. The van der Waals surface area contributed by atoms with Gasteiger partial charge in [-0.05, 0) is 42.5 Å². The van der Waals surface area contributed by atoms with Gasteiger partial charge in [-0.2, -0.15) is 0 Å². The molecule has 0 unspecified atom stereocenters. The third-order valence-electron chi connectivity index (χ3n) is 3.98. The van der Waals surface area contributed by atoms with Crippen LogP contribution in [0.4, 0.5) is 5.00 Å². The molecule has 0 atom stereocenters. The van der Waals surface area contributed by atoms with Gasteiger partial charge in [-0.3, -0.25) is 4.79 Å². The van der Waals surface area contributed by atoms with E-state index >= 15 is 0 Å². The fraction of sp³-hybridized carbons (Fsp3) is 0.333. The second-order valence-electron chi connectivity index (χ2n) is 5.72. The third-order valence-corrected chi connectivity index (χ3v) is 6.72. The van der Waals surface area contributed by atoms with Crippen LogP contribution in [0.3, 0.4) is 0 Å². The van der Waals surface area contributed by atoms with Gasteiger partial charge in [0.05, 0.1) is 18.4 Å². The highest BCUT2D eigenvalue weighted by molar-refractivity contribution is 9.10. The highest BCUT2D eigenvalue weighted by atomic mass is 79.9. The number of aryl methyl sites for hydroxylation is 1. The lowest BCUT2D eigenvalue weighted by atomic mass is 10.1. The molecular formula is C18H18BrNO3S2. The summed E-state index contributed by atoms with van der Waals surface area (Å²) in [5.74, 6) is 0.662. The van der Waals surface area contributed by atoms with Crippen LogP contribution in [0, 0.1) is 0 Å². The molecule has 0 bridgehead atoms. The minimum absolute atomic E-state index is 0.0906. The Morgan fingerprint density at radius 3 is 2.76 bits per heavy atom. The SMILES string of the molecule is COC(=O)c1c(NC(=O)CSCc2ccc(Br)cc2)sc2c1CCC2. The summed E-state index contributed by atoms with van der Waals surface area (Å²) in [6.07, 6.45) is 2.91. The second-order valence-corrected chi connectivity index (χ2v) is 8.73. The number of thiophene rings is 1. The molecule has 3 rings (SSSR count). The summed E-state index contributed by atoms with van der Waals surface area (Å²) >= 11 is 6.47. The number of thioether (sulfide) groups is 1. The third kappa shape index (κ3) is 4.46. The molecule has 0 fully saturated rings. The van der Waals surface area contributed by atoms with E-state index in [9.17, 15) is 9.59 Å². The van der Waals surface area contributed by atoms with Crippen molar-refractivity contribution in [1.29, 1.82) is 0 Å². The maximum absolute atomic E-state index is 12.3. The topological polar surface area (TPSA) is 55.4 Å². The minimum Gasteiger partial charge on any atom is -0.465 e. The van der Waals surface area contributed by atoms with E-state index in [0.29, 0.717) is 16.3 Å².